The minimum absolute atomic E-state index is 0.286. The minimum Gasteiger partial charge on any atom is -0.353 e. The summed E-state index contributed by atoms with van der Waals surface area (Å²) in [7, 11) is 0. The fourth-order valence-electron chi connectivity index (χ4n) is 9.15. The van der Waals surface area contributed by atoms with Crippen LogP contribution in [0.15, 0.2) is 30.3 Å². The van der Waals surface area contributed by atoms with Crippen molar-refractivity contribution in [1.29, 1.82) is 0 Å². The van der Waals surface area contributed by atoms with Crippen LogP contribution in [0.2, 0.25) is 0 Å². The van der Waals surface area contributed by atoms with Crippen molar-refractivity contribution in [2.75, 3.05) is 0 Å². The molecule has 2 unspecified atom stereocenters. The van der Waals surface area contributed by atoms with E-state index in [1.165, 1.54) is 60.4 Å². The summed E-state index contributed by atoms with van der Waals surface area (Å²) in [5.74, 6) is 3.43. The Hall–Kier alpha value is -1.83. The molecule has 4 fully saturated rings. The molecule has 6 rings (SSSR count). The van der Waals surface area contributed by atoms with Gasteiger partial charge in [0.15, 0.2) is 0 Å². The van der Waals surface area contributed by atoms with Gasteiger partial charge in [0.1, 0.15) is 0 Å². The molecule has 0 radical (unpaired) electrons. The summed E-state index contributed by atoms with van der Waals surface area (Å²) in [6.07, 6.45) is 9.75. The van der Waals surface area contributed by atoms with Gasteiger partial charge >= 0.3 is 0 Å². The molecule has 2 nitrogen and oxygen atoms in total. The van der Waals surface area contributed by atoms with Crippen LogP contribution in [0.3, 0.4) is 0 Å². The second-order valence-electron chi connectivity index (χ2n) is 12.3. The van der Waals surface area contributed by atoms with E-state index in [2.05, 4.69) is 63.3 Å². The van der Waals surface area contributed by atoms with E-state index in [9.17, 15) is 4.79 Å². The zero-order chi connectivity index (χ0) is 22.3. The molecule has 32 heavy (non-hydrogen) atoms. The Morgan fingerprint density at radius 1 is 0.844 bits per heavy atom. The summed E-state index contributed by atoms with van der Waals surface area (Å²) in [6, 6.07) is 12.3. The van der Waals surface area contributed by atoms with E-state index in [1.807, 2.05) is 0 Å². The monoisotopic (exact) mass is 429 g/mol. The van der Waals surface area contributed by atoms with Gasteiger partial charge < -0.3 is 5.32 Å². The number of carbonyl (C=O) groups is 1. The number of fused-ring (bicyclic) bond motifs is 6. The lowest BCUT2D eigenvalue weighted by Crippen LogP contribution is -2.60. The number of hydrogen-bond donors (Lipinski definition) is 1. The predicted octanol–water partition coefficient (Wildman–Crippen LogP) is 7.06. The molecule has 0 aromatic heterocycles. The highest BCUT2D eigenvalue weighted by Gasteiger charge is 2.60. The van der Waals surface area contributed by atoms with Crippen LogP contribution < -0.4 is 5.32 Å². The third kappa shape index (κ3) is 2.80. The topological polar surface area (TPSA) is 29.1 Å². The van der Waals surface area contributed by atoms with Crippen LogP contribution in [-0.4, -0.2) is 11.9 Å². The number of rotatable bonds is 1. The highest BCUT2D eigenvalue weighted by Crippen LogP contribution is 2.67. The number of nitrogens with one attached hydrogen (secondary N) is 1. The van der Waals surface area contributed by atoms with Crippen LogP contribution in [-0.2, 0) is 4.79 Å². The van der Waals surface area contributed by atoms with E-state index in [4.69, 9.17) is 0 Å². The normalized spacial score (nSPS) is 41.0. The van der Waals surface area contributed by atoms with Crippen LogP contribution in [0.5, 0.6) is 0 Å². The van der Waals surface area contributed by atoms with E-state index >= 15 is 0 Å². The Kier molecular flexibility index (Phi) is 4.59. The molecule has 1 heterocycles. The molecular formula is C30H39NO. The number of hydrogen-bond acceptors (Lipinski definition) is 1. The first-order chi connectivity index (χ1) is 15.3. The van der Waals surface area contributed by atoms with Gasteiger partial charge in [-0.3, -0.25) is 4.79 Å². The molecule has 0 spiro atoms. The highest BCUT2D eigenvalue weighted by molar-refractivity contribution is 5.89. The lowest BCUT2D eigenvalue weighted by Gasteiger charge is -2.60. The third-order valence-electron chi connectivity index (χ3n) is 10.9. The molecule has 1 saturated heterocycles. The van der Waals surface area contributed by atoms with Crippen molar-refractivity contribution in [2.24, 2.45) is 28.6 Å². The predicted molar refractivity (Wildman–Crippen MR) is 132 cm³/mol. The van der Waals surface area contributed by atoms with Gasteiger partial charge in [-0.15, -0.1) is 0 Å². The zero-order valence-corrected chi connectivity index (χ0v) is 20.3. The molecule has 0 bridgehead atoms. The number of aryl methyl sites for hydroxylation is 2. The quantitative estimate of drug-likeness (QED) is 0.516. The van der Waals surface area contributed by atoms with Crippen LogP contribution in [0.1, 0.15) is 87.8 Å². The molecule has 3 aliphatic carbocycles. The number of amides is 1. The molecule has 2 aromatic rings. The number of piperidine rings is 1. The summed E-state index contributed by atoms with van der Waals surface area (Å²) in [4.78, 5) is 12.1. The lowest BCUT2D eigenvalue weighted by molar-refractivity contribution is -0.136. The molecule has 7 atom stereocenters. The van der Waals surface area contributed by atoms with Gasteiger partial charge in [-0.2, -0.15) is 0 Å². The van der Waals surface area contributed by atoms with E-state index in [1.54, 1.807) is 5.56 Å². The molecule has 4 aliphatic rings. The Balaban J connectivity index is 1.36. The van der Waals surface area contributed by atoms with E-state index in [-0.39, 0.29) is 5.91 Å². The largest absolute Gasteiger partial charge is 0.353 e. The highest BCUT2D eigenvalue weighted by atomic mass is 16.1. The second-order valence-corrected chi connectivity index (χ2v) is 12.3. The van der Waals surface area contributed by atoms with E-state index in [0.29, 0.717) is 22.8 Å². The van der Waals surface area contributed by atoms with Crippen molar-refractivity contribution in [3.63, 3.8) is 0 Å². The summed E-state index contributed by atoms with van der Waals surface area (Å²) in [5.41, 5.74) is 5.11. The van der Waals surface area contributed by atoms with Crippen molar-refractivity contribution in [2.45, 2.75) is 91.0 Å². The Labute approximate surface area is 193 Å². The first-order valence-corrected chi connectivity index (χ1v) is 13.1. The molecule has 1 amide bonds. The average molecular weight is 430 g/mol. The summed E-state index contributed by atoms with van der Waals surface area (Å²) in [5, 5.41) is 6.34. The number of benzene rings is 2. The molecular weight excluding hydrogens is 390 g/mol. The van der Waals surface area contributed by atoms with Crippen LogP contribution in [0.25, 0.3) is 10.8 Å². The first kappa shape index (κ1) is 20.8. The van der Waals surface area contributed by atoms with Gasteiger partial charge in [0.2, 0.25) is 5.91 Å². The van der Waals surface area contributed by atoms with Gasteiger partial charge in [0.25, 0.3) is 0 Å². The summed E-state index contributed by atoms with van der Waals surface area (Å²) < 4.78 is 0. The fourth-order valence-corrected chi connectivity index (χ4v) is 9.15. The minimum atomic E-state index is 0.286. The maximum Gasteiger partial charge on any atom is 0.220 e. The smallest absolute Gasteiger partial charge is 0.220 e. The van der Waals surface area contributed by atoms with Crippen LogP contribution >= 0.6 is 0 Å². The van der Waals surface area contributed by atoms with Crippen LogP contribution in [0.4, 0.5) is 0 Å². The van der Waals surface area contributed by atoms with Gasteiger partial charge in [0.05, 0.1) is 0 Å². The van der Waals surface area contributed by atoms with Crippen LogP contribution in [0, 0.1) is 42.4 Å². The number of carbonyl (C=O) groups excluding carboxylic acids is 1. The standard InChI is InChI=1S/C30H39NO/c1-18-5-7-20-19(2)6-8-21(23(20)17-18)24-10-11-25-22-9-12-27-30(4,16-14-28(32)31-27)26(22)13-15-29(24,25)3/h5-8,17,22,24-27H,9-16H2,1-4H3,(H,31,32)/t22-,24?,25-,26+,27?,29+,30+/m0/s1. The van der Waals surface area contributed by atoms with Crippen molar-refractivity contribution in [3.8, 4) is 0 Å². The van der Waals surface area contributed by atoms with E-state index < -0.39 is 0 Å². The molecule has 170 valence electrons. The molecule has 3 saturated carbocycles. The Morgan fingerprint density at radius 2 is 1.66 bits per heavy atom. The van der Waals surface area contributed by atoms with Crippen molar-refractivity contribution >= 4 is 16.7 Å². The van der Waals surface area contributed by atoms with Crippen molar-refractivity contribution in [3.05, 3.63) is 47.0 Å². The SMILES string of the molecule is Cc1ccc2c(C)ccc(C3CC[C@H]4[C@@H]5CCC6NC(=O)CC[C@]6(C)[C@@H]5CC[C@]34C)c2c1. The van der Waals surface area contributed by atoms with Gasteiger partial charge in [-0.25, -0.2) is 0 Å². The van der Waals surface area contributed by atoms with Gasteiger partial charge in [-0.1, -0.05) is 49.7 Å². The summed E-state index contributed by atoms with van der Waals surface area (Å²) in [6.45, 7) is 9.65. The molecule has 1 aliphatic heterocycles. The maximum atomic E-state index is 12.1. The third-order valence-corrected chi connectivity index (χ3v) is 10.9. The molecule has 2 heteroatoms. The molecule has 2 aromatic carbocycles. The second kappa shape index (κ2) is 7.08. The van der Waals surface area contributed by atoms with E-state index in [0.717, 1.165) is 30.6 Å². The van der Waals surface area contributed by atoms with Crippen molar-refractivity contribution in [1.82, 2.24) is 5.32 Å². The van der Waals surface area contributed by atoms with Gasteiger partial charge in [0, 0.05) is 12.5 Å². The van der Waals surface area contributed by atoms with Gasteiger partial charge in [-0.05, 0) is 115 Å². The summed E-state index contributed by atoms with van der Waals surface area (Å²) >= 11 is 0. The van der Waals surface area contributed by atoms with Crippen molar-refractivity contribution < 1.29 is 4.79 Å². The lowest BCUT2D eigenvalue weighted by atomic mass is 9.47. The first-order valence-electron chi connectivity index (χ1n) is 13.1. The fraction of sp³-hybridized carbons (Fsp3) is 0.633. The Bertz CT molecular complexity index is 1090. The average Bonchev–Trinajstić information content (AvgIpc) is 3.11. The zero-order valence-electron chi connectivity index (χ0n) is 20.3. The maximum absolute atomic E-state index is 12.1. The molecule has 1 N–H and O–H groups in total. The Morgan fingerprint density at radius 3 is 2.50 bits per heavy atom.